The summed E-state index contributed by atoms with van der Waals surface area (Å²) >= 11 is 0. The summed E-state index contributed by atoms with van der Waals surface area (Å²) in [6.45, 7) is 2.51. The second kappa shape index (κ2) is 5.48. The molecule has 1 N–H and O–H groups in total. The number of nitrogens with one attached hydrogen (secondary N) is 1. The fourth-order valence-corrected chi connectivity index (χ4v) is 2.67. The van der Waals surface area contributed by atoms with Crippen LogP contribution in [-0.2, 0) is 11.8 Å². The molecule has 2 aromatic heterocycles. The third-order valence-corrected chi connectivity index (χ3v) is 3.70. The number of pyridine rings is 1. The summed E-state index contributed by atoms with van der Waals surface area (Å²) in [4.78, 5) is 18.4. The Morgan fingerprint density at radius 3 is 3.00 bits per heavy atom. The topological polar surface area (TPSA) is 86.8 Å². The third-order valence-electron chi connectivity index (χ3n) is 3.70. The van der Waals surface area contributed by atoms with E-state index in [2.05, 4.69) is 21.5 Å². The van der Waals surface area contributed by atoms with Crippen molar-refractivity contribution in [3.8, 4) is 6.07 Å². The van der Waals surface area contributed by atoms with Gasteiger partial charge in [-0.2, -0.15) is 10.4 Å². The number of nitrogens with zero attached hydrogens (tertiary/aromatic N) is 5. The fraction of sp³-hybridized carbons (Fsp3) is 0.333. The normalized spacial score (nSPS) is 17.6. The molecule has 1 atom stereocenters. The van der Waals surface area contributed by atoms with Crippen molar-refractivity contribution in [3.63, 3.8) is 0 Å². The molecule has 1 unspecified atom stereocenters. The quantitative estimate of drug-likeness (QED) is 0.920. The van der Waals surface area contributed by atoms with Crippen LogP contribution in [0.25, 0.3) is 0 Å². The highest BCUT2D eigenvalue weighted by Crippen LogP contribution is 2.24. The van der Waals surface area contributed by atoms with Gasteiger partial charge in [0.05, 0.1) is 11.3 Å². The maximum Gasteiger partial charge on any atom is 0.250 e. The van der Waals surface area contributed by atoms with Gasteiger partial charge >= 0.3 is 0 Å². The SMILES string of the molecule is Cc1cc(N2CCC(Nc3ncccc3C#N)C2=O)n(C)n1. The van der Waals surface area contributed by atoms with Gasteiger partial charge < -0.3 is 5.32 Å². The predicted octanol–water partition coefficient (Wildman–Crippen LogP) is 1.21. The number of carbonyl (C=O) groups excluding carboxylic acids is 1. The molecule has 0 aromatic carbocycles. The number of anilines is 2. The molecule has 1 fully saturated rings. The second-order valence-electron chi connectivity index (χ2n) is 5.25. The van der Waals surface area contributed by atoms with Gasteiger partial charge in [-0.3, -0.25) is 14.4 Å². The Morgan fingerprint density at radius 1 is 1.50 bits per heavy atom. The fourth-order valence-electron chi connectivity index (χ4n) is 2.67. The van der Waals surface area contributed by atoms with E-state index in [1.807, 2.05) is 20.0 Å². The van der Waals surface area contributed by atoms with Gasteiger partial charge in [-0.05, 0) is 25.5 Å². The summed E-state index contributed by atoms with van der Waals surface area (Å²) < 4.78 is 1.71. The summed E-state index contributed by atoms with van der Waals surface area (Å²) in [5.41, 5.74) is 1.31. The van der Waals surface area contributed by atoms with Crippen LogP contribution in [0.2, 0.25) is 0 Å². The number of amides is 1. The highest BCUT2D eigenvalue weighted by Gasteiger charge is 2.34. The minimum atomic E-state index is -0.378. The van der Waals surface area contributed by atoms with Crippen LogP contribution < -0.4 is 10.2 Å². The van der Waals surface area contributed by atoms with Gasteiger partial charge in [0, 0.05) is 25.9 Å². The maximum absolute atomic E-state index is 12.6. The lowest BCUT2D eigenvalue weighted by molar-refractivity contribution is -0.117. The van der Waals surface area contributed by atoms with E-state index in [4.69, 9.17) is 5.26 Å². The molecule has 0 saturated carbocycles. The Kier molecular flexibility index (Phi) is 3.51. The molecule has 7 nitrogen and oxygen atoms in total. The Morgan fingerprint density at radius 2 is 2.32 bits per heavy atom. The Balaban J connectivity index is 1.80. The van der Waals surface area contributed by atoms with E-state index < -0.39 is 0 Å². The Bertz CT molecular complexity index is 760. The van der Waals surface area contributed by atoms with Crippen LogP contribution in [0, 0.1) is 18.3 Å². The number of aromatic nitrogens is 3. The molecule has 0 bridgehead atoms. The summed E-state index contributed by atoms with van der Waals surface area (Å²) in [6, 6.07) is 6.97. The molecular formula is C15H16N6O. The molecular weight excluding hydrogens is 280 g/mol. The summed E-state index contributed by atoms with van der Waals surface area (Å²) in [5.74, 6) is 1.21. The minimum Gasteiger partial charge on any atom is -0.357 e. The maximum atomic E-state index is 12.6. The number of carbonyl (C=O) groups is 1. The zero-order valence-electron chi connectivity index (χ0n) is 12.4. The molecule has 0 aliphatic carbocycles. The van der Waals surface area contributed by atoms with Gasteiger partial charge in [0.1, 0.15) is 23.7 Å². The standard InChI is InChI=1S/C15H16N6O/c1-10-8-13(20(2)19-10)21-7-5-12(15(21)22)18-14-11(9-16)4-3-6-17-14/h3-4,6,8,12H,5,7H2,1-2H3,(H,17,18). The molecule has 2 aromatic rings. The Labute approximate surface area is 128 Å². The lowest BCUT2D eigenvalue weighted by atomic mass is 10.2. The van der Waals surface area contributed by atoms with Crippen molar-refractivity contribution in [2.75, 3.05) is 16.8 Å². The molecule has 3 heterocycles. The molecule has 22 heavy (non-hydrogen) atoms. The molecule has 1 aliphatic rings. The van der Waals surface area contributed by atoms with Gasteiger partial charge in [0.15, 0.2) is 0 Å². The van der Waals surface area contributed by atoms with Crippen molar-refractivity contribution in [3.05, 3.63) is 35.7 Å². The van der Waals surface area contributed by atoms with Crippen molar-refractivity contribution in [2.24, 2.45) is 7.05 Å². The van der Waals surface area contributed by atoms with E-state index in [1.165, 1.54) is 0 Å². The first-order valence-electron chi connectivity index (χ1n) is 7.04. The average Bonchev–Trinajstić information content (AvgIpc) is 3.02. The lowest BCUT2D eigenvalue weighted by Crippen LogP contribution is -2.34. The number of aryl methyl sites for hydroxylation is 2. The van der Waals surface area contributed by atoms with Crippen LogP contribution >= 0.6 is 0 Å². The first-order chi connectivity index (χ1) is 10.6. The Hall–Kier alpha value is -2.88. The summed E-state index contributed by atoms with van der Waals surface area (Å²) in [5, 5.41) is 16.4. The molecule has 0 radical (unpaired) electrons. The molecule has 7 heteroatoms. The van der Waals surface area contributed by atoms with E-state index in [1.54, 1.807) is 27.9 Å². The molecule has 1 saturated heterocycles. The van der Waals surface area contributed by atoms with E-state index in [9.17, 15) is 4.79 Å². The number of rotatable bonds is 3. The minimum absolute atomic E-state index is 0.0301. The highest BCUT2D eigenvalue weighted by atomic mass is 16.2. The van der Waals surface area contributed by atoms with Crippen molar-refractivity contribution in [1.82, 2.24) is 14.8 Å². The monoisotopic (exact) mass is 296 g/mol. The molecule has 1 aliphatic heterocycles. The van der Waals surface area contributed by atoms with Crippen LogP contribution in [0.3, 0.4) is 0 Å². The second-order valence-corrected chi connectivity index (χ2v) is 5.25. The van der Waals surface area contributed by atoms with Crippen molar-refractivity contribution < 1.29 is 4.79 Å². The van der Waals surface area contributed by atoms with Crippen molar-refractivity contribution in [2.45, 2.75) is 19.4 Å². The average molecular weight is 296 g/mol. The highest BCUT2D eigenvalue weighted by molar-refractivity contribution is 6.00. The van der Waals surface area contributed by atoms with Crippen LogP contribution in [0.1, 0.15) is 17.7 Å². The zero-order chi connectivity index (χ0) is 15.7. The summed E-state index contributed by atoms with van der Waals surface area (Å²) in [7, 11) is 1.82. The van der Waals surface area contributed by atoms with Crippen molar-refractivity contribution in [1.29, 1.82) is 5.26 Å². The van der Waals surface area contributed by atoms with Gasteiger partial charge in [0.2, 0.25) is 0 Å². The van der Waals surface area contributed by atoms with Crippen LogP contribution in [0.5, 0.6) is 0 Å². The van der Waals surface area contributed by atoms with E-state index >= 15 is 0 Å². The smallest absolute Gasteiger partial charge is 0.250 e. The van der Waals surface area contributed by atoms with Crippen LogP contribution in [0.4, 0.5) is 11.6 Å². The number of hydrogen-bond donors (Lipinski definition) is 1. The third kappa shape index (κ3) is 2.39. The first kappa shape index (κ1) is 14.1. The van der Waals surface area contributed by atoms with Crippen LogP contribution in [-0.4, -0.2) is 33.3 Å². The molecule has 1 amide bonds. The van der Waals surface area contributed by atoms with Gasteiger partial charge in [-0.25, -0.2) is 4.98 Å². The predicted molar refractivity (Wildman–Crippen MR) is 81.3 cm³/mol. The van der Waals surface area contributed by atoms with Crippen molar-refractivity contribution >= 4 is 17.5 Å². The molecule has 0 spiro atoms. The molecule has 112 valence electrons. The lowest BCUT2D eigenvalue weighted by Gasteiger charge is -2.17. The van der Waals surface area contributed by atoms with Gasteiger partial charge in [-0.15, -0.1) is 0 Å². The van der Waals surface area contributed by atoms with E-state index in [0.29, 0.717) is 24.3 Å². The van der Waals surface area contributed by atoms with E-state index in [0.717, 1.165) is 11.5 Å². The van der Waals surface area contributed by atoms with Crippen LogP contribution in [0.15, 0.2) is 24.4 Å². The zero-order valence-corrected chi connectivity index (χ0v) is 12.4. The number of nitriles is 1. The number of hydrogen-bond acceptors (Lipinski definition) is 5. The summed E-state index contributed by atoms with van der Waals surface area (Å²) in [6.07, 6.45) is 2.26. The van der Waals surface area contributed by atoms with E-state index in [-0.39, 0.29) is 11.9 Å². The van der Waals surface area contributed by atoms with Gasteiger partial charge in [-0.1, -0.05) is 0 Å². The molecule has 3 rings (SSSR count). The van der Waals surface area contributed by atoms with Gasteiger partial charge in [0.25, 0.3) is 5.91 Å². The largest absolute Gasteiger partial charge is 0.357 e. The first-order valence-corrected chi connectivity index (χ1v) is 7.04.